The topological polar surface area (TPSA) is 81.2 Å². The third-order valence-electron chi connectivity index (χ3n) is 2.41. The molecule has 0 unspecified atom stereocenters. The van der Waals surface area contributed by atoms with E-state index < -0.39 is 21.8 Å². The molecule has 0 bridgehead atoms. The maximum atomic E-state index is 13.5. The van der Waals surface area contributed by atoms with Crippen molar-refractivity contribution in [3.63, 3.8) is 0 Å². The minimum Gasteiger partial charge on any atom is -0.478 e. The predicted molar refractivity (Wildman–Crippen MR) is 83.5 cm³/mol. The van der Waals surface area contributed by atoms with Gasteiger partial charge in [0.1, 0.15) is 4.90 Å². The van der Waals surface area contributed by atoms with Crippen LogP contribution in [-0.2, 0) is 10.0 Å². The van der Waals surface area contributed by atoms with Crippen molar-refractivity contribution < 1.29 is 17.5 Å². The largest absolute Gasteiger partial charge is 0.478 e. The summed E-state index contributed by atoms with van der Waals surface area (Å²) in [5.41, 5.74) is 0. The lowest BCUT2D eigenvalue weighted by Crippen LogP contribution is -2.16. The first-order chi connectivity index (χ1) is 10.3. The molecule has 0 saturated carbocycles. The Morgan fingerprint density at radius 2 is 2.00 bits per heavy atom. The van der Waals surface area contributed by atoms with Crippen molar-refractivity contribution in [1.29, 1.82) is 0 Å². The van der Waals surface area contributed by atoms with Gasteiger partial charge in [-0.25, -0.2) is 8.42 Å². The molecule has 118 valence electrons. The highest BCUT2D eigenvalue weighted by Gasteiger charge is 2.23. The van der Waals surface area contributed by atoms with Crippen LogP contribution in [0.15, 0.2) is 27.7 Å². The van der Waals surface area contributed by atoms with Crippen LogP contribution >= 0.6 is 39.1 Å². The summed E-state index contributed by atoms with van der Waals surface area (Å²) >= 11 is 14.5. The molecule has 1 aromatic carbocycles. The lowest BCUT2D eigenvalue weighted by molar-refractivity contribution is 0.393. The van der Waals surface area contributed by atoms with Crippen LogP contribution in [0.2, 0.25) is 10.0 Å². The zero-order valence-corrected chi connectivity index (χ0v) is 14.7. The van der Waals surface area contributed by atoms with Crippen molar-refractivity contribution in [3.05, 3.63) is 38.8 Å². The van der Waals surface area contributed by atoms with E-state index in [1.165, 1.54) is 25.3 Å². The summed E-state index contributed by atoms with van der Waals surface area (Å²) in [6.45, 7) is 0. The van der Waals surface area contributed by atoms with Gasteiger partial charge in [0, 0.05) is 0 Å². The highest BCUT2D eigenvalue weighted by molar-refractivity contribution is 9.10. The summed E-state index contributed by atoms with van der Waals surface area (Å²) in [7, 11) is -2.92. The number of benzene rings is 1. The second kappa shape index (κ2) is 6.53. The molecule has 1 N–H and O–H groups in total. The van der Waals surface area contributed by atoms with Crippen molar-refractivity contribution in [2.45, 2.75) is 4.90 Å². The Morgan fingerprint density at radius 1 is 1.32 bits per heavy atom. The fourth-order valence-electron chi connectivity index (χ4n) is 1.46. The highest BCUT2D eigenvalue weighted by atomic mass is 79.9. The Morgan fingerprint density at radius 3 is 2.64 bits per heavy atom. The van der Waals surface area contributed by atoms with Crippen molar-refractivity contribution in [2.24, 2.45) is 0 Å². The molecule has 1 aromatic heterocycles. The maximum absolute atomic E-state index is 13.5. The Kier molecular flexibility index (Phi) is 5.10. The summed E-state index contributed by atoms with van der Waals surface area (Å²) in [5.74, 6) is -1.63. The minimum atomic E-state index is -4.16. The molecular formula is C11H7BrCl2FN3O3S. The molecule has 2 rings (SSSR count). The van der Waals surface area contributed by atoms with E-state index in [9.17, 15) is 12.8 Å². The number of hydrogen-bond acceptors (Lipinski definition) is 5. The summed E-state index contributed by atoms with van der Waals surface area (Å²) in [5, 5.41) is -0.106. The Balaban J connectivity index is 2.50. The molecule has 0 atom stereocenters. The highest BCUT2D eigenvalue weighted by Crippen LogP contribution is 2.31. The van der Waals surface area contributed by atoms with Gasteiger partial charge in [-0.3, -0.25) is 4.72 Å². The number of nitrogens with zero attached hydrogens (tertiary/aromatic N) is 2. The number of rotatable bonds is 4. The number of methoxy groups -OCH3 is 1. The summed E-state index contributed by atoms with van der Waals surface area (Å²) in [4.78, 5) is 6.84. The second-order valence-electron chi connectivity index (χ2n) is 3.82. The normalized spacial score (nSPS) is 11.3. The Labute approximate surface area is 143 Å². The molecule has 1 heterocycles. The van der Waals surface area contributed by atoms with Crippen LogP contribution in [0.5, 0.6) is 5.88 Å². The maximum Gasteiger partial charge on any atom is 0.264 e. The van der Waals surface area contributed by atoms with Crippen LogP contribution in [0.1, 0.15) is 0 Å². The third kappa shape index (κ3) is 3.43. The van der Waals surface area contributed by atoms with Crippen molar-refractivity contribution in [1.82, 2.24) is 9.97 Å². The van der Waals surface area contributed by atoms with Gasteiger partial charge in [0.05, 0.1) is 17.2 Å². The molecule has 0 fully saturated rings. The minimum absolute atomic E-state index is 0.0598. The van der Waals surface area contributed by atoms with E-state index in [0.717, 1.165) is 0 Å². The standard InChI is InChI=1S/C11H7BrCl2FN3O3S/c1-21-11-10(17-9(15)8(12)16-11)18-22(19,20)6-4-2-3-5(13)7(6)14/h2-4H,1H3,(H,17,18). The number of sulfonamides is 1. The Hall–Kier alpha value is -1.16. The first-order valence-electron chi connectivity index (χ1n) is 5.50. The van der Waals surface area contributed by atoms with E-state index in [0.29, 0.717) is 0 Å². The van der Waals surface area contributed by atoms with Crippen LogP contribution in [0, 0.1) is 5.95 Å². The van der Waals surface area contributed by atoms with Crippen molar-refractivity contribution >= 4 is 55.0 Å². The molecular weight excluding hydrogens is 424 g/mol. The van der Waals surface area contributed by atoms with Gasteiger partial charge in [0.25, 0.3) is 15.9 Å². The number of nitrogens with one attached hydrogen (secondary N) is 1. The van der Waals surface area contributed by atoms with E-state index in [2.05, 4.69) is 30.6 Å². The number of anilines is 1. The first-order valence-corrected chi connectivity index (χ1v) is 8.53. The van der Waals surface area contributed by atoms with E-state index in [1.807, 2.05) is 0 Å². The third-order valence-corrected chi connectivity index (χ3v) is 5.23. The van der Waals surface area contributed by atoms with Gasteiger partial charge in [-0.15, -0.1) is 0 Å². The zero-order chi connectivity index (χ0) is 16.5. The molecule has 22 heavy (non-hydrogen) atoms. The molecule has 0 radical (unpaired) electrons. The average Bonchev–Trinajstić information content (AvgIpc) is 2.45. The van der Waals surface area contributed by atoms with Gasteiger partial charge in [-0.2, -0.15) is 14.4 Å². The van der Waals surface area contributed by atoms with Gasteiger partial charge in [-0.05, 0) is 28.1 Å². The van der Waals surface area contributed by atoms with E-state index >= 15 is 0 Å². The van der Waals surface area contributed by atoms with Crippen LogP contribution in [0.3, 0.4) is 0 Å². The fraction of sp³-hybridized carbons (Fsp3) is 0.0909. The molecule has 11 heteroatoms. The van der Waals surface area contributed by atoms with Crippen LogP contribution in [-0.4, -0.2) is 25.5 Å². The van der Waals surface area contributed by atoms with E-state index in [4.69, 9.17) is 27.9 Å². The lowest BCUT2D eigenvalue weighted by atomic mass is 10.4. The molecule has 6 nitrogen and oxygen atoms in total. The van der Waals surface area contributed by atoms with Gasteiger partial charge < -0.3 is 4.74 Å². The predicted octanol–water partition coefficient (Wildman–Crippen LogP) is 3.49. The monoisotopic (exact) mass is 429 g/mol. The van der Waals surface area contributed by atoms with Crippen LogP contribution in [0.4, 0.5) is 10.2 Å². The van der Waals surface area contributed by atoms with Crippen LogP contribution < -0.4 is 9.46 Å². The quantitative estimate of drug-likeness (QED) is 0.802. The molecule has 0 saturated heterocycles. The summed E-state index contributed by atoms with van der Waals surface area (Å²) < 4.78 is 44.8. The smallest absolute Gasteiger partial charge is 0.264 e. The molecule has 0 aliphatic heterocycles. The van der Waals surface area contributed by atoms with Crippen LogP contribution in [0.25, 0.3) is 0 Å². The molecule has 0 spiro atoms. The van der Waals surface area contributed by atoms with Gasteiger partial charge in [-0.1, -0.05) is 29.3 Å². The molecule has 0 aliphatic rings. The van der Waals surface area contributed by atoms with Gasteiger partial charge in [0.15, 0.2) is 4.60 Å². The van der Waals surface area contributed by atoms with E-state index in [-0.39, 0.29) is 25.4 Å². The zero-order valence-electron chi connectivity index (χ0n) is 10.8. The average molecular weight is 431 g/mol. The summed E-state index contributed by atoms with van der Waals surface area (Å²) in [6, 6.07) is 4.09. The number of hydrogen-bond donors (Lipinski definition) is 1. The molecule has 0 amide bonds. The second-order valence-corrected chi connectivity index (χ2v) is 7.01. The van der Waals surface area contributed by atoms with Crippen molar-refractivity contribution in [3.8, 4) is 5.88 Å². The molecule has 0 aliphatic carbocycles. The molecule has 2 aromatic rings. The fourth-order valence-corrected chi connectivity index (χ4v) is 3.47. The first kappa shape index (κ1) is 17.2. The van der Waals surface area contributed by atoms with Gasteiger partial charge in [0.2, 0.25) is 11.8 Å². The summed E-state index contributed by atoms with van der Waals surface area (Å²) in [6.07, 6.45) is 0. The number of halogens is 4. The number of ether oxygens (including phenoxy) is 1. The Bertz CT molecular complexity index is 836. The SMILES string of the molecule is COc1nc(Br)c(F)nc1NS(=O)(=O)c1cccc(Cl)c1Cl. The van der Waals surface area contributed by atoms with E-state index in [1.54, 1.807) is 0 Å². The lowest BCUT2D eigenvalue weighted by Gasteiger charge is -2.12. The van der Waals surface area contributed by atoms with Gasteiger partial charge >= 0.3 is 0 Å². The number of aromatic nitrogens is 2. The van der Waals surface area contributed by atoms with Crippen molar-refractivity contribution in [2.75, 3.05) is 11.8 Å².